The topological polar surface area (TPSA) is 0 Å². The van der Waals surface area contributed by atoms with Gasteiger partial charge >= 0.3 is 0 Å². The summed E-state index contributed by atoms with van der Waals surface area (Å²) in [5, 5.41) is 0.673. The van der Waals surface area contributed by atoms with E-state index in [1.165, 1.54) is 6.07 Å². The van der Waals surface area contributed by atoms with E-state index in [1.54, 1.807) is 18.2 Å². The molecule has 0 nitrogen and oxygen atoms in total. The van der Waals surface area contributed by atoms with Gasteiger partial charge in [-0.3, -0.25) is 0 Å². The van der Waals surface area contributed by atoms with Crippen molar-refractivity contribution in [3.05, 3.63) is 70.2 Å². The van der Waals surface area contributed by atoms with E-state index in [1.807, 2.05) is 12.1 Å². The third-order valence-electron chi connectivity index (χ3n) is 2.60. The maximum atomic E-state index is 13.0. The summed E-state index contributed by atoms with van der Waals surface area (Å²) in [5.41, 5.74) is 1.62. The fourth-order valence-corrected chi connectivity index (χ4v) is 1.73. The second-order valence-corrected chi connectivity index (χ2v) is 4.49. The average molecular weight is 277 g/mol. The Hall–Kier alpha value is -1.85. The van der Waals surface area contributed by atoms with E-state index in [-0.39, 0.29) is 0 Å². The Bertz CT molecular complexity index is 621. The van der Waals surface area contributed by atoms with Gasteiger partial charge < -0.3 is 0 Å². The van der Waals surface area contributed by atoms with Crippen LogP contribution in [0.1, 0.15) is 17.5 Å². The molecule has 0 amide bonds. The molecule has 0 N–H and O–H groups in total. The number of hydrogen-bond acceptors (Lipinski definition) is 0. The largest absolute Gasteiger partial charge is 0.204 e. The molecule has 0 aromatic heterocycles. The molecule has 0 unspecified atom stereocenters. The summed E-state index contributed by atoms with van der Waals surface area (Å²) in [4.78, 5) is 0. The molecule has 0 aliphatic heterocycles. The number of benzene rings is 2. The minimum Gasteiger partial charge on any atom is -0.204 e. The highest BCUT2D eigenvalue weighted by Crippen LogP contribution is 2.11. The zero-order chi connectivity index (χ0) is 13.7. The van der Waals surface area contributed by atoms with Crippen LogP contribution in [0.15, 0.2) is 42.5 Å². The zero-order valence-electron chi connectivity index (χ0n) is 10.1. The number of halogens is 3. The molecule has 2 rings (SSSR count). The predicted octanol–water partition coefficient (Wildman–Crippen LogP) is 4.60. The summed E-state index contributed by atoms with van der Waals surface area (Å²) in [6, 6.07) is 11.2. The highest BCUT2D eigenvalue weighted by molar-refractivity contribution is 6.30. The van der Waals surface area contributed by atoms with Crippen LogP contribution in [0, 0.1) is 23.5 Å². The summed E-state index contributed by atoms with van der Waals surface area (Å²) in [5.74, 6) is 4.35. The van der Waals surface area contributed by atoms with Crippen molar-refractivity contribution in [1.29, 1.82) is 0 Å². The smallest absolute Gasteiger partial charge is 0.159 e. The summed E-state index contributed by atoms with van der Waals surface area (Å²) < 4.78 is 25.7. The molecule has 0 radical (unpaired) electrons. The number of rotatable bonds is 2. The Labute approximate surface area is 116 Å². The van der Waals surface area contributed by atoms with Gasteiger partial charge in [0.1, 0.15) is 0 Å². The minimum atomic E-state index is -0.823. The lowest BCUT2D eigenvalue weighted by Crippen LogP contribution is -1.89. The third kappa shape index (κ3) is 4.08. The zero-order valence-corrected chi connectivity index (χ0v) is 10.8. The van der Waals surface area contributed by atoms with Crippen LogP contribution < -0.4 is 0 Å². The van der Waals surface area contributed by atoms with E-state index in [2.05, 4.69) is 11.8 Å². The second kappa shape index (κ2) is 6.36. The van der Waals surface area contributed by atoms with E-state index in [0.29, 0.717) is 17.9 Å². The molecule has 3 heteroatoms. The average Bonchev–Trinajstić information content (AvgIpc) is 2.41. The molecule has 2 aromatic rings. The Morgan fingerprint density at radius 1 is 0.947 bits per heavy atom. The van der Waals surface area contributed by atoms with Crippen molar-refractivity contribution in [2.75, 3.05) is 0 Å². The Balaban J connectivity index is 1.93. The lowest BCUT2D eigenvalue weighted by molar-refractivity contribution is 0.507. The van der Waals surface area contributed by atoms with Gasteiger partial charge in [-0.15, -0.1) is 0 Å². The van der Waals surface area contributed by atoms with Crippen LogP contribution >= 0.6 is 11.6 Å². The molecule has 0 bridgehead atoms. The van der Waals surface area contributed by atoms with Crippen LogP contribution in [0.4, 0.5) is 8.78 Å². The monoisotopic (exact) mass is 276 g/mol. The number of hydrogen-bond donors (Lipinski definition) is 0. The Morgan fingerprint density at radius 2 is 1.68 bits per heavy atom. The summed E-state index contributed by atoms with van der Waals surface area (Å²) in [6.45, 7) is 0. The highest BCUT2D eigenvalue weighted by Gasteiger charge is 2.01. The highest BCUT2D eigenvalue weighted by atomic mass is 35.5. The van der Waals surface area contributed by atoms with Gasteiger partial charge in [0.25, 0.3) is 0 Å². The number of aryl methyl sites for hydroxylation is 1. The van der Waals surface area contributed by atoms with Crippen molar-refractivity contribution in [1.82, 2.24) is 0 Å². The van der Waals surface area contributed by atoms with Crippen molar-refractivity contribution < 1.29 is 8.78 Å². The molecule has 2 aromatic carbocycles. The van der Waals surface area contributed by atoms with Gasteiger partial charge in [-0.1, -0.05) is 29.5 Å². The first-order valence-electron chi connectivity index (χ1n) is 5.83. The van der Waals surface area contributed by atoms with Crippen molar-refractivity contribution in [2.24, 2.45) is 0 Å². The molecule has 0 atom stereocenters. The second-order valence-electron chi connectivity index (χ2n) is 4.06. The summed E-state index contributed by atoms with van der Waals surface area (Å²) in [6.07, 6.45) is 1.19. The van der Waals surface area contributed by atoms with Crippen molar-refractivity contribution >= 4 is 11.6 Å². The van der Waals surface area contributed by atoms with E-state index in [0.717, 1.165) is 17.2 Å². The lowest BCUT2D eigenvalue weighted by atomic mass is 10.1. The molecule has 0 aliphatic carbocycles. The fourth-order valence-electron chi connectivity index (χ4n) is 1.60. The molecule has 0 saturated heterocycles. The fraction of sp³-hybridized carbons (Fsp3) is 0.125. The quantitative estimate of drug-likeness (QED) is 0.703. The van der Waals surface area contributed by atoms with Gasteiger partial charge in [0, 0.05) is 17.0 Å². The molecule has 0 heterocycles. The van der Waals surface area contributed by atoms with Crippen LogP contribution in [0.3, 0.4) is 0 Å². The van der Waals surface area contributed by atoms with Gasteiger partial charge in [0.2, 0.25) is 0 Å². The minimum absolute atomic E-state index is 0.591. The molecular weight excluding hydrogens is 266 g/mol. The van der Waals surface area contributed by atoms with Gasteiger partial charge in [-0.2, -0.15) is 0 Å². The van der Waals surface area contributed by atoms with E-state index >= 15 is 0 Å². The molecule has 19 heavy (non-hydrogen) atoms. The molecule has 96 valence electrons. The van der Waals surface area contributed by atoms with Crippen molar-refractivity contribution in [2.45, 2.75) is 12.8 Å². The van der Waals surface area contributed by atoms with Gasteiger partial charge in [0.15, 0.2) is 11.6 Å². The molecule has 0 spiro atoms. The summed E-state index contributed by atoms with van der Waals surface area (Å²) >= 11 is 5.77. The molecule has 0 aliphatic rings. The van der Waals surface area contributed by atoms with E-state index < -0.39 is 11.6 Å². The standard InChI is InChI=1S/C16H11ClF2/c17-14-8-5-12(6-9-14)3-1-2-4-13-7-10-15(18)16(19)11-13/h5-11H,2,4H2. The molecule has 0 saturated carbocycles. The lowest BCUT2D eigenvalue weighted by Gasteiger charge is -1.98. The van der Waals surface area contributed by atoms with Crippen molar-refractivity contribution in [3.63, 3.8) is 0 Å². The van der Waals surface area contributed by atoms with Gasteiger partial charge in [0.05, 0.1) is 0 Å². The van der Waals surface area contributed by atoms with Crippen LogP contribution in [-0.2, 0) is 6.42 Å². The predicted molar refractivity (Wildman–Crippen MR) is 73.0 cm³/mol. The first kappa shape index (κ1) is 13.6. The maximum absolute atomic E-state index is 13.0. The third-order valence-corrected chi connectivity index (χ3v) is 2.85. The SMILES string of the molecule is Fc1ccc(CCC#Cc2ccc(Cl)cc2)cc1F. The maximum Gasteiger partial charge on any atom is 0.159 e. The first-order chi connectivity index (χ1) is 9.15. The van der Waals surface area contributed by atoms with E-state index in [4.69, 9.17) is 11.6 Å². The first-order valence-corrected chi connectivity index (χ1v) is 6.21. The summed E-state index contributed by atoms with van der Waals surface area (Å²) in [7, 11) is 0. The molecular formula is C16H11ClF2. The van der Waals surface area contributed by atoms with Gasteiger partial charge in [-0.05, 0) is 48.4 Å². The van der Waals surface area contributed by atoms with Crippen LogP contribution in [-0.4, -0.2) is 0 Å². The van der Waals surface area contributed by atoms with Crippen LogP contribution in [0.2, 0.25) is 5.02 Å². The Morgan fingerprint density at radius 3 is 2.37 bits per heavy atom. The van der Waals surface area contributed by atoms with Gasteiger partial charge in [-0.25, -0.2) is 8.78 Å². The normalized spacial score (nSPS) is 9.84. The van der Waals surface area contributed by atoms with Crippen molar-refractivity contribution in [3.8, 4) is 11.8 Å². The Kier molecular flexibility index (Phi) is 4.54. The van der Waals surface area contributed by atoms with Crippen LogP contribution in [0.25, 0.3) is 0 Å². The van der Waals surface area contributed by atoms with E-state index in [9.17, 15) is 8.78 Å². The van der Waals surface area contributed by atoms with Crippen LogP contribution in [0.5, 0.6) is 0 Å². The molecule has 0 fully saturated rings.